The average Bonchev–Trinajstić information content (AvgIpc) is 1.45. The minimum atomic E-state index is -0.816. The molecule has 2 unspecified atom stereocenters. The number of nitrogens with zero attached hydrogens (tertiary/aromatic N) is 2. The van der Waals surface area contributed by atoms with Gasteiger partial charge in [0.05, 0.1) is 22.7 Å². The normalized spacial score (nSPS) is 16.1. The smallest absolute Gasteiger partial charge is 0.0543 e. The van der Waals surface area contributed by atoms with E-state index < -0.39 is 21.7 Å². The van der Waals surface area contributed by atoms with E-state index in [1.165, 1.54) is 152 Å². The molecule has 0 saturated carbocycles. The van der Waals surface area contributed by atoms with Crippen LogP contribution in [0, 0.1) is 10.8 Å². The lowest BCUT2D eigenvalue weighted by molar-refractivity contribution is 0.0596. The van der Waals surface area contributed by atoms with Gasteiger partial charge in [-0.3, -0.25) is 0 Å². The van der Waals surface area contributed by atoms with Crippen LogP contribution in [0.5, 0.6) is 0 Å². The predicted octanol–water partition coefficient (Wildman–Crippen LogP) is 26.4. The fourth-order valence-electron chi connectivity index (χ4n) is 19.6. The molecule has 0 aromatic heterocycles. The van der Waals surface area contributed by atoms with Gasteiger partial charge < -0.3 is 9.80 Å². The number of anilines is 6. The quantitative estimate of drug-likeness (QED) is 0.147. The highest BCUT2D eigenvalue weighted by atomic mass is 15.2. The predicted molar refractivity (Wildman–Crippen MR) is 411 cm³/mol. The standard InChI is InChI=1S/C94H68N2/c1-91(2,3)93(75-51-45-57-23-13-15-33-67(57)87(75)89-71-37-19-17-35-69(71)81(55-77(89)93)95(65-29-9-7-10-30-65)79-53-47-63-41-39-59-25-21-27-61-43-49-73(79)85(63)83(59)61)94(92(4,5)6)76-52-46-58-24-14-16-34-68(58)88(76)90-72-38-20-18-36-70(72)82(56-78(90)94)96(66-31-11-8-12-32-66)80-54-48-64-42-40-60-26-22-28-62-44-50-74(80)86(64)84(60)62/h7-56H,1-6H3. The number of rotatable bonds is 7. The second kappa shape index (κ2) is 19.6. The van der Waals surface area contributed by atoms with Gasteiger partial charge >= 0.3 is 0 Å². The summed E-state index contributed by atoms with van der Waals surface area (Å²) in [6.45, 7) is 15.5. The second-order valence-electron chi connectivity index (χ2n) is 29.4. The van der Waals surface area contributed by atoms with Crippen LogP contribution in [-0.2, 0) is 10.8 Å². The van der Waals surface area contributed by atoms with Crippen molar-refractivity contribution >= 4 is 142 Å². The molecule has 0 fully saturated rings. The Balaban J connectivity index is 0.982. The maximum atomic E-state index is 2.72. The molecule has 0 heterocycles. The van der Waals surface area contributed by atoms with Crippen molar-refractivity contribution < 1.29 is 0 Å². The first kappa shape index (κ1) is 55.2. The summed E-state index contributed by atoms with van der Waals surface area (Å²) in [5, 5.41) is 25.1. The molecule has 0 saturated heterocycles. The molecule has 20 rings (SSSR count). The number of hydrogen-bond donors (Lipinski definition) is 0. The Kier molecular flexibility index (Phi) is 11.3. The molecule has 18 aromatic carbocycles. The van der Waals surface area contributed by atoms with Crippen LogP contribution >= 0.6 is 0 Å². The zero-order chi connectivity index (χ0) is 64.1. The molecule has 0 N–H and O–H groups in total. The van der Waals surface area contributed by atoms with Gasteiger partial charge in [0, 0.05) is 43.7 Å². The maximum absolute atomic E-state index is 2.72. The SMILES string of the molecule is CC(C)(C)C1(C2(C(C)(C)C)c3ccc4ccccc4c3-c3c2cc(N(c2ccccc2)c2ccc4ccc5cccc6ccc2c4c56)c2ccccc32)c2ccc3ccccc3c2-c2c1cc(N(c1ccccc1)c1ccc3ccc4cccc5ccc1c3c45)c1ccccc21. The topological polar surface area (TPSA) is 6.48 Å². The van der Waals surface area contributed by atoms with Crippen LogP contribution in [0.25, 0.3) is 130 Å². The molecular weight excluding hydrogens is 1160 g/mol. The van der Waals surface area contributed by atoms with E-state index in [2.05, 4.69) is 355 Å². The van der Waals surface area contributed by atoms with E-state index in [1.54, 1.807) is 0 Å². The lowest BCUT2D eigenvalue weighted by Gasteiger charge is -2.62. The van der Waals surface area contributed by atoms with Crippen molar-refractivity contribution in [3.63, 3.8) is 0 Å². The summed E-state index contributed by atoms with van der Waals surface area (Å²) < 4.78 is 0. The molecule has 18 aromatic rings. The van der Waals surface area contributed by atoms with Gasteiger partial charge in [0.25, 0.3) is 0 Å². The molecule has 454 valence electrons. The molecule has 96 heavy (non-hydrogen) atoms. The lowest BCUT2D eigenvalue weighted by Crippen LogP contribution is -2.62. The summed E-state index contributed by atoms with van der Waals surface area (Å²) in [6.07, 6.45) is 0. The minimum absolute atomic E-state index is 0.505. The monoisotopic (exact) mass is 1220 g/mol. The summed E-state index contributed by atoms with van der Waals surface area (Å²) >= 11 is 0. The molecule has 2 heteroatoms. The van der Waals surface area contributed by atoms with Crippen molar-refractivity contribution in [1.29, 1.82) is 0 Å². The van der Waals surface area contributed by atoms with Crippen molar-refractivity contribution in [3.8, 4) is 22.3 Å². The molecule has 2 aliphatic rings. The zero-order valence-corrected chi connectivity index (χ0v) is 54.8. The molecule has 2 atom stereocenters. The van der Waals surface area contributed by atoms with Crippen LogP contribution in [0.4, 0.5) is 34.1 Å². The van der Waals surface area contributed by atoms with Crippen LogP contribution in [-0.4, -0.2) is 0 Å². The fourth-order valence-corrected chi connectivity index (χ4v) is 19.6. The van der Waals surface area contributed by atoms with E-state index in [0.29, 0.717) is 0 Å². The summed E-state index contributed by atoms with van der Waals surface area (Å²) in [4.78, 5) is 5.24. The van der Waals surface area contributed by atoms with E-state index in [4.69, 9.17) is 0 Å². The van der Waals surface area contributed by atoms with E-state index >= 15 is 0 Å². The van der Waals surface area contributed by atoms with Crippen LogP contribution in [0.15, 0.2) is 303 Å². The fraction of sp³-hybridized carbons (Fsp3) is 0.106. The Bertz CT molecular complexity index is 5890. The molecule has 2 aliphatic carbocycles. The summed E-state index contributed by atoms with van der Waals surface area (Å²) in [5.74, 6) is 0. The highest BCUT2D eigenvalue weighted by Crippen LogP contribution is 2.77. The Morgan fingerprint density at radius 2 is 0.500 bits per heavy atom. The van der Waals surface area contributed by atoms with Crippen molar-refractivity contribution in [3.05, 3.63) is 326 Å². The highest BCUT2D eigenvalue weighted by molar-refractivity contribution is 6.29. The lowest BCUT2D eigenvalue weighted by atomic mass is 9.39. The van der Waals surface area contributed by atoms with Crippen molar-refractivity contribution in [2.24, 2.45) is 10.8 Å². The Morgan fingerprint density at radius 3 is 0.885 bits per heavy atom. The average molecular weight is 1230 g/mol. The number of fused-ring (bicyclic) bond motifs is 14. The summed E-state index contributed by atoms with van der Waals surface area (Å²) in [7, 11) is 0. The highest BCUT2D eigenvalue weighted by Gasteiger charge is 2.71. The van der Waals surface area contributed by atoms with Crippen molar-refractivity contribution in [1.82, 2.24) is 0 Å². The Hall–Kier alpha value is -11.3. The van der Waals surface area contributed by atoms with Gasteiger partial charge in [-0.2, -0.15) is 0 Å². The third kappa shape index (κ3) is 7.05. The zero-order valence-electron chi connectivity index (χ0n) is 54.8. The molecule has 0 bridgehead atoms. The van der Waals surface area contributed by atoms with Gasteiger partial charge in [0.15, 0.2) is 0 Å². The first-order chi connectivity index (χ1) is 46.9. The molecular formula is C94H68N2. The molecule has 2 nitrogen and oxygen atoms in total. The molecule has 0 spiro atoms. The minimum Gasteiger partial charge on any atom is -0.309 e. The second-order valence-corrected chi connectivity index (χ2v) is 29.4. The third-order valence-corrected chi connectivity index (χ3v) is 22.8. The van der Waals surface area contributed by atoms with E-state index in [9.17, 15) is 0 Å². The number of hydrogen-bond acceptors (Lipinski definition) is 2. The van der Waals surface area contributed by atoms with E-state index in [0.717, 1.165) is 34.1 Å². The van der Waals surface area contributed by atoms with Crippen LogP contribution in [0.3, 0.4) is 0 Å². The van der Waals surface area contributed by atoms with Gasteiger partial charge in [0.1, 0.15) is 0 Å². The molecule has 0 radical (unpaired) electrons. The van der Waals surface area contributed by atoms with Gasteiger partial charge in [-0.1, -0.05) is 296 Å². The number of benzene rings is 18. The maximum Gasteiger partial charge on any atom is 0.0543 e. The first-order valence-electron chi connectivity index (χ1n) is 34.2. The Labute approximate surface area is 559 Å². The van der Waals surface area contributed by atoms with Crippen LogP contribution < -0.4 is 9.80 Å². The van der Waals surface area contributed by atoms with Crippen molar-refractivity contribution in [2.75, 3.05) is 9.80 Å². The molecule has 0 amide bonds. The van der Waals surface area contributed by atoms with E-state index in [1.807, 2.05) is 0 Å². The largest absolute Gasteiger partial charge is 0.309 e. The van der Waals surface area contributed by atoms with Crippen molar-refractivity contribution in [2.45, 2.75) is 52.4 Å². The van der Waals surface area contributed by atoms with Crippen LogP contribution in [0.1, 0.15) is 63.8 Å². The van der Waals surface area contributed by atoms with E-state index in [-0.39, 0.29) is 0 Å². The Morgan fingerprint density at radius 1 is 0.208 bits per heavy atom. The van der Waals surface area contributed by atoms with Gasteiger partial charge in [-0.15, -0.1) is 0 Å². The number of para-hydroxylation sites is 2. The first-order valence-corrected chi connectivity index (χ1v) is 34.2. The third-order valence-electron chi connectivity index (χ3n) is 22.8. The summed E-state index contributed by atoms with van der Waals surface area (Å²) in [6, 6.07) is 117. The van der Waals surface area contributed by atoms with Gasteiger partial charge in [0.2, 0.25) is 0 Å². The summed E-state index contributed by atoms with van der Waals surface area (Å²) in [5.41, 5.74) is 14.9. The van der Waals surface area contributed by atoms with Crippen LogP contribution in [0.2, 0.25) is 0 Å². The van der Waals surface area contributed by atoms with Gasteiger partial charge in [-0.05, 0) is 190 Å². The molecule has 0 aliphatic heterocycles. The van der Waals surface area contributed by atoms with Gasteiger partial charge in [-0.25, -0.2) is 0 Å².